The van der Waals surface area contributed by atoms with E-state index in [4.69, 9.17) is 9.47 Å². The van der Waals surface area contributed by atoms with Crippen molar-refractivity contribution in [2.24, 2.45) is 0 Å². The maximum absolute atomic E-state index is 13.2. The van der Waals surface area contributed by atoms with E-state index in [9.17, 15) is 14.4 Å². The van der Waals surface area contributed by atoms with Gasteiger partial charge in [-0.2, -0.15) is 0 Å². The predicted octanol–water partition coefficient (Wildman–Crippen LogP) is 6.72. The van der Waals surface area contributed by atoms with Gasteiger partial charge in [-0.1, -0.05) is 79.7 Å². The average molecular weight is 579 g/mol. The molecule has 1 atom stereocenters. The van der Waals surface area contributed by atoms with Gasteiger partial charge in [0.2, 0.25) is 5.91 Å². The minimum atomic E-state index is -0.703. The fourth-order valence-electron chi connectivity index (χ4n) is 4.80. The van der Waals surface area contributed by atoms with Gasteiger partial charge in [0.25, 0.3) is 0 Å². The first-order valence-electron chi connectivity index (χ1n) is 14.6. The molecule has 0 aliphatic rings. The number of amides is 1. The van der Waals surface area contributed by atoms with Gasteiger partial charge in [-0.05, 0) is 54.8 Å². The molecule has 0 bridgehead atoms. The number of carbonyl (C=O) groups is 3. The molecule has 0 heterocycles. The van der Waals surface area contributed by atoms with Gasteiger partial charge in [-0.25, -0.2) is 4.79 Å². The molecule has 0 fully saturated rings. The van der Waals surface area contributed by atoms with Crippen molar-refractivity contribution >= 4 is 29.0 Å². The van der Waals surface area contributed by atoms with Gasteiger partial charge in [-0.3, -0.25) is 9.59 Å². The Bertz CT molecular complexity index is 1470. The summed E-state index contributed by atoms with van der Waals surface area (Å²) < 4.78 is 11.0. The lowest BCUT2D eigenvalue weighted by atomic mass is 10.00. The third-order valence-electron chi connectivity index (χ3n) is 7.01. The molecule has 0 saturated heterocycles. The Balaban J connectivity index is 1.36. The molecular weight excluding hydrogens is 540 g/mol. The van der Waals surface area contributed by atoms with Gasteiger partial charge in [-0.15, -0.1) is 0 Å². The number of hydrogen-bond donors (Lipinski definition) is 1. The number of ketones is 1. The van der Waals surface area contributed by atoms with E-state index >= 15 is 0 Å². The Kier molecular flexibility index (Phi) is 11.5. The summed E-state index contributed by atoms with van der Waals surface area (Å²) >= 11 is 0. The number of hydrogen-bond acceptors (Lipinski definition) is 6. The van der Waals surface area contributed by atoms with Crippen molar-refractivity contribution in [3.63, 3.8) is 0 Å². The first-order valence-corrected chi connectivity index (χ1v) is 14.6. The zero-order chi connectivity index (χ0) is 30.4. The van der Waals surface area contributed by atoms with Crippen molar-refractivity contribution in [2.75, 3.05) is 30.5 Å². The van der Waals surface area contributed by atoms with Crippen molar-refractivity contribution in [2.45, 2.75) is 38.6 Å². The summed E-state index contributed by atoms with van der Waals surface area (Å²) in [5.41, 5.74) is 3.41. The number of nitrogens with one attached hydrogen (secondary N) is 1. The van der Waals surface area contributed by atoms with E-state index in [-0.39, 0.29) is 11.7 Å². The monoisotopic (exact) mass is 578 g/mol. The van der Waals surface area contributed by atoms with Gasteiger partial charge in [0.1, 0.15) is 11.8 Å². The van der Waals surface area contributed by atoms with Crippen molar-refractivity contribution in [3.05, 3.63) is 126 Å². The van der Waals surface area contributed by atoms with Crippen molar-refractivity contribution in [3.8, 4) is 5.75 Å². The number of methoxy groups -OCH3 is 1. The summed E-state index contributed by atoms with van der Waals surface area (Å²) in [5.74, 6) is 0.258. The topological polar surface area (TPSA) is 84.9 Å². The molecule has 0 aliphatic heterocycles. The van der Waals surface area contributed by atoms with E-state index < -0.39 is 12.0 Å². The zero-order valence-electron chi connectivity index (χ0n) is 24.7. The van der Waals surface area contributed by atoms with Crippen LogP contribution in [-0.4, -0.2) is 44.0 Å². The molecule has 222 valence electrons. The van der Waals surface area contributed by atoms with Crippen LogP contribution < -0.4 is 15.0 Å². The molecule has 0 aliphatic carbocycles. The lowest BCUT2D eigenvalue weighted by molar-refractivity contribution is -0.141. The number of ether oxygens (including phenoxy) is 2. The molecule has 1 N–H and O–H groups in total. The largest absolute Gasteiger partial charge is 0.494 e. The Morgan fingerprint density at radius 3 is 2.14 bits per heavy atom. The standard InChI is InChI=1S/C36H38N2O5/c1-3-13-34(39)38(29-16-8-5-9-17-29)24-12-25-43-30-22-20-27(21-23-30)26-33(36(41)42-2)37-32-19-11-10-18-31(32)35(40)28-14-6-4-7-15-28/h4-11,14-23,33,37H,3,12-13,24-26H2,1-2H3/t33-/m0/s1. The molecule has 43 heavy (non-hydrogen) atoms. The van der Waals surface area contributed by atoms with Crippen LogP contribution in [0.5, 0.6) is 5.75 Å². The van der Waals surface area contributed by atoms with Crippen LogP contribution in [-0.2, 0) is 20.7 Å². The molecule has 4 aromatic rings. The van der Waals surface area contributed by atoms with E-state index in [0.717, 1.165) is 17.7 Å². The summed E-state index contributed by atoms with van der Waals surface area (Å²) in [6.07, 6.45) is 2.34. The minimum Gasteiger partial charge on any atom is -0.494 e. The molecule has 0 radical (unpaired) electrons. The van der Waals surface area contributed by atoms with E-state index in [1.165, 1.54) is 7.11 Å². The van der Waals surface area contributed by atoms with Crippen molar-refractivity contribution < 1.29 is 23.9 Å². The Morgan fingerprint density at radius 1 is 0.814 bits per heavy atom. The maximum Gasteiger partial charge on any atom is 0.328 e. The molecule has 1 amide bonds. The SMILES string of the molecule is CCCC(=O)N(CCCOc1ccc(C[C@H](Nc2ccccc2C(=O)c2ccccc2)C(=O)OC)cc1)c1ccccc1. The molecule has 4 aromatic carbocycles. The number of carbonyl (C=O) groups excluding carboxylic acids is 3. The van der Waals surface area contributed by atoms with E-state index in [2.05, 4.69) is 5.32 Å². The molecular formula is C36H38N2O5. The quantitative estimate of drug-likeness (QED) is 0.0958. The normalized spacial score (nSPS) is 11.3. The van der Waals surface area contributed by atoms with Crippen molar-refractivity contribution in [1.82, 2.24) is 0 Å². The third kappa shape index (κ3) is 8.79. The molecule has 7 nitrogen and oxygen atoms in total. The predicted molar refractivity (Wildman–Crippen MR) is 170 cm³/mol. The number of rotatable bonds is 15. The van der Waals surface area contributed by atoms with Gasteiger partial charge in [0.15, 0.2) is 5.78 Å². The lowest BCUT2D eigenvalue weighted by Crippen LogP contribution is -2.33. The smallest absolute Gasteiger partial charge is 0.328 e. The fourth-order valence-corrected chi connectivity index (χ4v) is 4.80. The Morgan fingerprint density at radius 2 is 1.47 bits per heavy atom. The first kappa shape index (κ1) is 31.0. The Labute approximate surface area is 253 Å². The zero-order valence-corrected chi connectivity index (χ0v) is 24.7. The highest BCUT2D eigenvalue weighted by atomic mass is 16.5. The van der Waals surface area contributed by atoms with Crippen LogP contribution in [0.4, 0.5) is 11.4 Å². The first-order chi connectivity index (χ1) is 21.0. The van der Waals surface area contributed by atoms with E-state index in [0.29, 0.717) is 55.0 Å². The molecule has 0 aromatic heterocycles. The second kappa shape index (κ2) is 15.9. The van der Waals surface area contributed by atoms with Crippen LogP contribution in [0, 0.1) is 0 Å². The molecule has 7 heteroatoms. The highest BCUT2D eigenvalue weighted by Gasteiger charge is 2.23. The van der Waals surface area contributed by atoms with Crippen LogP contribution in [0.1, 0.15) is 47.7 Å². The van der Waals surface area contributed by atoms with E-state index in [1.807, 2.05) is 90.7 Å². The van der Waals surface area contributed by atoms with Gasteiger partial charge >= 0.3 is 5.97 Å². The second-order valence-corrected chi connectivity index (χ2v) is 10.1. The highest BCUT2D eigenvalue weighted by molar-refractivity contribution is 6.12. The summed E-state index contributed by atoms with van der Waals surface area (Å²) in [7, 11) is 1.35. The number of nitrogens with zero attached hydrogens (tertiary/aromatic N) is 1. The molecule has 0 unspecified atom stereocenters. The summed E-state index contributed by atoms with van der Waals surface area (Å²) in [6.45, 7) is 3.03. The second-order valence-electron chi connectivity index (χ2n) is 10.1. The number of esters is 1. The summed E-state index contributed by atoms with van der Waals surface area (Å²) in [4.78, 5) is 40.4. The maximum atomic E-state index is 13.2. The van der Waals surface area contributed by atoms with Crippen LogP contribution in [0.15, 0.2) is 109 Å². The number of benzene rings is 4. The summed E-state index contributed by atoms with van der Waals surface area (Å²) in [5, 5.41) is 3.24. The van der Waals surface area contributed by atoms with E-state index in [1.54, 1.807) is 30.3 Å². The van der Waals surface area contributed by atoms with Gasteiger partial charge < -0.3 is 19.7 Å². The molecule has 4 rings (SSSR count). The third-order valence-corrected chi connectivity index (χ3v) is 7.01. The van der Waals surface area contributed by atoms with Gasteiger partial charge in [0.05, 0.1) is 13.7 Å². The summed E-state index contributed by atoms with van der Waals surface area (Å²) in [6, 6.07) is 32.8. The lowest BCUT2D eigenvalue weighted by Gasteiger charge is -2.23. The van der Waals surface area contributed by atoms with Crippen molar-refractivity contribution in [1.29, 1.82) is 0 Å². The highest BCUT2D eigenvalue weighted by Crippen LogP contribution is 2.22. The Hall–Kier alpha value is -4.91. The minimum absolute atomic E-state index is 0.110. The van der Waals surface area contributed by atoms with Gasteiger partial charge in [0, 0.05) is 41.9 Å². The molecule has 0 spiro atoms. The van der Waals surface area contributed by atoms with Crippen LogP contribution >= 0.6 is 0 Å². The van der Waals surface area contributed by atoms with Crippen LogP contribution in [0.3, 0.4) is 0 Å². The number of anilines is 2. The van der Waals surface area contributed by atoms with Crippen LogP contribution in [0.2, 0.25) is 0 Å². The number of para-hydroxylation sites is 2. The van der Waals surface area contributed by atoms with Crippen LogP contribution in [0.25, 0.3) is 0 Å². The average Bonchev–Trinajstić information content (AvgIpc) is 3.05. The molecule has 0 saturated carbocycles. The fraction of sp³-hybridized carbons (Fsp3) is 0.250.